The van der Waals surface area contributed by atoms with E-state index < -0.39 is 0 Å². The largest absolute Gasteiger partial charge is 0.368 e. The van der Waals surface area contributed by atoms with Crippen LogP contribution in [0.3, 0.4) is 0 Å². The Kier molecular flexibility index (Phi) is 3.44. The quantitative estimate of drug-likeness (QED) is 0.616. The minimum Gasteiger partial charge on any atom is -0.368 e. The second kappa shape index (κ2) is 5.04. The minimum absolute atomic E-state index is 1.17. The summed E-state index contributed by atoms with van der Waals surface area (Å²) in [5.41, 5.74) is 0. The summed E-state index contributed by atoms with van der Waals surface area (Å²) in [5.74, 6) is 2.34. The highest BCUT2D eigenvalue weighted by atomic mass is 14.8. The molecule has 2 bridgehead atoms. The molecule has 3 aliphatic rings. The van der Waals surface area contributed by atoms with Crippen molar-refractivity contribution in [3.63, 3.8) is 0 Å². The van der Waals surface area contributed by atoms with Crippen LogP contribution >= 0.6 is 0 Å². The van der Waals surface area contributed by atoms with Crippen molar-refractivity contribution in [3.8, 4) is 0 Å². The Balaban J connectivity index is 0.000000107. The zero-order valence-electron chi connectivity index (χ0n) is 8.65. The van der Waals surface area contributed by atoms with Crippen molar-refractivity contribution >= 4 is 0 Å². The van der Waals surface area contributed by atoms with E-state index in [0.717, 1.165) is 0 Å². The van der Waals surface area contributed by atoms with Gasteiger partial charge in [0.1, 0.15) is 0 Å². The highest BCUT2D eigenvalue weighted by molar-refractivity contribution is 5.14. The van der Waals surface area contributed by atoms with Gasteiger partial charge in [0, 0.05) is 12.4 Å². The third-order valence-corrected chi connectivity index (χ3v) is 3.35. The van der Waals surface area contributed by atoms with E-state index in [2.05, 4.69) is 5.32 Å². The third-order valence-electron chi connectivity index (χ3n) is 3.35. The summed E-state index contributed by atoms with van der Waals surface area (Å²) in [4.78, 5) is 0. The lowest BCUT2D eigenvalue weighted by molar-refractivity contribution is 0.480. The molecule has 2 fully saturated rings. The van der Waals surface area contributed by atoms with Gasteiger partial charge in [-0.05, 0) is 30.4 Å². The molecular formula is C13H19N. The van der Waals surface area contributed by atoms with E-state index in [-0.39, 0.29) is 0 Å². The second-order valence-corrected chi connectivity index (χ2v) is 4.39. The van der Waals surface area contributed by atoms with Crippen LogP contribution in [0.1, 0.15) is 32.1 Å². The van der Waals surface area contributed by atoms with E-state index in [1.807, 2.05) is 36.7 Å². The Morgan fingerprint density at radius 2 is 1.21 bits per heavy atom. The standard InChI is InChI=1S/C7H12.C6H7N/c1-2-7-4-3-6(1)5-7;1-2-4-6-7-5-3-1/h6-7H,1-5H2;1-7H. The van der Waals surface area contributed by atoms with Crippen LogP contribution in [0, 0.1) is 11.8 Å². The lowest BCUT2D eigenvalue weighted by Gasteiger charge is -2.05. The Labute approximate surface area is 86.6 Å². The smallest absolute Gasteiger partial charge is 0.000442 e. The molecular weight excluding hydrogens is 170 g/mol. The molecule has 1 nitrogen and oxygen atoms in total. The summed E-state index contributed by atoms with van der Waals surface area (Å²) < 4.78 is 0. The Morgan fingerprint density at radius 3 is 1.57 bits per heavy atom. The van der Waals surface area contributed by atoms with E-state index in [0.29, 0.717) is 0 Å². The Hall–Kier alpha value is -0.980. The molecule has 3 rings (SSSR count). The van der Waals surface area contributed by atoms with Crippen LogP contribution in [0.5, 0.6) is 0 Å². The second-order valence-electron chi connectivity index (χ2n) is 4.39. The van der Waals surface area contributed by atoms with Crippen LogP contribution in [-0.2, 0) is 0 Å². The molecule has 0 saturated heterocycles. The molecule has 14 heavy (non-hydrogen) atoms. The minimum atomic E-state index is 1.17. The number of fused-ring (bicyclic) bond motifs is 2. The van der Waals surface area contributed by atoms with Crippen LogP contribution in [0.2, 0.25) is 0 Å². The van der Waals surface area contributed by atoms with E-state index in [1.165, 1.54) is 11.8 Å². The fourth-order valence-corrected chi connectivity index (χ4v) is 2.58. The van der Waals surface area contributed by atoms with Gasteiger partial charge >= 0.3 is 0 Å². The van der Waals surface area contributed by atoms with Crippen LogP contribution < -0.4 is 5.32 Å². The van der Waals surface area contributed by atoms with Gasteiger partial charge in [-0.15, -0.1) is 0 Å². The molecule has 0 aromatic heterocycles. The molecule has 2 aliphatic carbocycles. The molecule has 0 unspecified atom stereocenters. The molecule has 0 aromatic rings. The molecule has 1 N–H and O–H groups in total. The van der Waals surface area contributed by atoms with Gasteiger partial charge in [-0.3, -0.25) is 0 Å². The van der Waals surface area contributed by atoms with Gasteiger partial charge in [0.25, 0.3) is 0 Å². The van der Waals surface area contributed by atoms with Crippen molar-refractivity contribution < 1.29 is 0 Å². The zero-order chi connectivity index (χ0) is 9.64. The molecule has 0 radical (unpaired) electrons. The molecule has 2 saturated carbocycles. The molecule has 1 heterocycles. The number of rotatable bonds is 0. The first-order chi connectivity index (χ1) is 6.95. The van der Waals surface area contributed by atoms with Crippen LogP contribution in [0.15, 0.2) is 36.7 Å². The number of hydrogen-bond acceptors (Lipinski definition) is 1. The topological polar surface area (TPSA) is 12.0 Å². The van der Waals surface area contributed by atoms with Crippen molar-refractivity contribution in [3.05, 3.63) is 36.7 Å². The molecule has 0 amide bonds. The summed E-state index contributed by atoms with van der Waals surface area (Å²) in [6.07, 6.45) is 19.4. The first-order valence-electron chi connectivity index (χ1n) is 5.69. The lowest BCUT2D eigenvalue weighted by Crippen LogP contribution is -1.90. The van der Waals surface area contributed by atoms with Crippen LogP contribution in [-0.4, -0.2) is 0 Å². The summed E-state index contributed by atoms with van der Waals surface area (Å²) in [7, 11) is 0. The third kappa shape index (κ3) is 2.76. The summed E-state index contributed by atoms with van der Waals surface area (Å²) in [6.45, 7) is 0. The molecule has 0 atom stereocenters. The van der Waals surface area contributed by atoms with Crippen molar-refractivity contribution in [2.45, 2.75) is 32.1 Å². The summed E-state index contributed by atoms with van der Waals surface area (Å²) in [5, 5.41) is 2.92. The van der Waals surface area contributed by atoms with Gasteiger partial charge in [-0.2, -0.15) is 0 Å². The van der Waals surface area contributed by atoms with Gasteiger partial charge in [-0.1, -0.05) is 37.8 Å². The fraction of sp³-hybridized carbons (Fsp3) is 0.538. The summed E-state index contributed by atoms with van der Waals surface area (Å²) >= 11 is 0. The van der Waals surface area contributed by atoms with E-state index in [9.17, 15) is 0 Å². The van der Waals surface area contributed by atoms with Gasteiger partial charge < -0.3 is 5.32 Å². The van der Waals surface area contributed by atoms with Crippen LogP contribution in [0.25, 0.3) is 0 Å². The van der Waals surface area contributed by atoms with E-state index in [4.69, 9.17) is 0 Å². The zero-order valence-corrected chi connectivity index (χ0v) is 8.65. The first kappa shape index (κ1) is 9.57. The average molecular weight is 189 g/mol. The highest BCUT2D eigenvalue weighted by Gasteiger charge is 2.30. The average Bonchev–Trinajstić information content (AvgIpc) is 2.75. The predicted octanol–water partition coefficient (Wildman–Crippen LogP) is 3.37. The van der Waals surface area contributed by atoms with Gasteiger partial charge in [0.15, 0.2) is 0 Å². The molecule has 1 aliphatic heterocycles. The van der Waals surface area contributed by atoms with Gasteiger partial charge in [-0.25, -0.2) is 0 Å². The number of hydrogen-bond donors (Lipinski definition) is 1. The SMILES string of the molecule is C1=CC=CNC=C1.C1CC2CCC1C2. The Bertz CT molecular complexity index is 218. The monoisotopic (exact) mass is 189 g/mol. The molecule has 76 valence electrons. The number of nitrogens with one attached hydrogen (secondary N) is 1. The van der Waals surface area contributed by atoms with Gasteiger partial charge in [0.2, 0.25) is 0 Å². The highest BCUT2D eigenvalue weighted by Crippen LogP contribution is 2.43. The molecule has 0 aromatic carbocycles. The van der Waals surface area contributed by atoms with Crippen molar-refractivity contribution in [2.24, 2.45) is 11.8 Å². The van der Waals surface area contributed by atoms with E-state index in [1.54, 1.807) is 32.1 Å². The van der Waals surface area contributed by atoms with Crippen molar-refractivity contribution in [1.29, 1.82) is 0 Å². The maximum Gasteiger partial charge on any atom is 0.000442 e. The Morgan fingerprint density at radius 1 is 0.714 bits per heavy atom. The normalized spacial score (nSPS) is 32.0. The summed E-state index contributed by atoms with van der Waals surface area (Å²) in [6, 6.07) is 0. The number of allylic oxidation sites excluding steroid dienone is 4. The molecule has 1 heteroatoms. The van der Waals surface area contributed by atoms with Gasteiger partial charge in [0.05, 0.1) is 0 Å². The molecule has 0 spiro atoms. The fourth-order valence-electron chi connectivity index (χ4n) is 2.58. The maximum absolute atomic E-state index is 2.92. The van der Waals surface area contributed by atoms with Crippen molar-refractivity contribution in [2.75, 3.05) is 0 Å². The first-order valence-corrected chi connectivity index (χ1v) is 5.69. The van der Waals surface area contributed by atoms with Crippen LogP contribution in [0.4, 0.5) is 0 Å². The van der Waals surface area contributed by atoms with E-state index >= 15 is 0 Å². The lowest BCUT2D eigenvalue weighted by atomic mass is 10.0. The van der Waals surface area contributed by atoms with Crippen molar-refractivity contribution in [1.82, 2.24) is 5.32 Å². The predicted molar refractivity (Wildman–Crippen MR) is 60.6 cm³/mol. The maximum atomic E-state index is 2.92.